The highest BCUT2D eigenvalue weighted by atomic mass is 31.2. The van der Waals surface area contributed by atoms with E-state index in [0.29, 0.717) is 17.1 Å². The first-order valence-electron chi connectivity index (χ1n) is 12.4. The van der Waals surface area contributed by atoms with E-state index in [1.807, 2.05) is 14.7 Å². The van der Waals surface area contributed by atoms with Crippen LogP contribution < -0.4 is 0 Å². The monoisotopic (exact) mass is 621 g/mol. The largest absolute Gasteiger partial charge is 0.480 e. The minimum Gasteiger partial charge on any atom is -0.480 e. The van der Waals surface area contributed by atoms with E-state index < -0.39 is 57.9 Å². The number of hydrogen-bond acceptors (Lipinski definition) is 12. The molecule has 3 heterocycles. The normalized spacial score (nSPS) is 17.3. The molecule has 0 atom stereocenters. The van der Waals surface area contributed by atoms with Gasteiger partial charge in [0.2, 0.25) is 11.6 Å². The molecular weight excluding hydrogens is 589 g/mol. The maximum absolute atomic E-state index is 12.4. The van der Waals surface area contributed by atoms with Crippen molar-refractivity contribution >= 4 is 43.3 Å². The number of carboxylic acid groups (broad SMARTS) is 4. The maximum Gasteiger partial charge on any atom is 0.466 e. The number of aliphatic carboxylic acids is 4. The number of ketones is 2. The van der Waals surface area contributed by atoms with Gasteiger partial charge < -0.3 is 49.8 Å². The second-order valence-electron chi connectivity index (χ2n) is 9.39. The summed E-state index contributed by atoms with van der Waals surface area (Å²) in [6.07, 6.45) is 1.52. The van der Waals surface area contributed by atoms with E-state index in [4.69, 9.17) is 39.7 Å². The zero-order valence-corrected chi connectivity index (χ0v) is 23.1. The number of nitrogens with zero attached hydrogens (tertiary/aromatic N) is 5. The molecule has 234 valence electrons. The molecular formula is C22H32N5O14P. The highest BCUT2D eigenvalue weighted by molar-refractivity contribution is 7.45. The first kappa shape index (κ1) is 34.3. The minimum atomic E-state index is -4.64. The van der Waals surface area contributed by atoms with E-state index in [0.717, 1.165) is 49.1 Å². The molecule has 42 heavy (non-hydrogen) atoms. The zero-order valence-electron chi connectivity index (χ0n) is 22.2. The summed E-state index contributed by atoms with van der Waals surface area (Å²) in [5.74, 6) is -4.86. The molecule has 0 unspecified atom stereocenters. The van der Waals surface area contributed by atoms with Gasteiger partial charge in [0.15, 0.2) is 0 Å². The highest BCUT2D eigenvalue weighted by Crippen LogP contribution is 2.34. The van der Waals surface area contributed by atoms with Crippen molar-refractivity contribution in [2.75, 3.05) is 78.5 Å². The lowest BCUT2D eigenvalue weighted by Crippen LogP contribution is -2.43. The SMILES string of the molecule is O=C(O)CN(CCN(CC(=O)O)CC(=O)O)CC(=O)O.O=C1C=C(N2CC2)C(=O)C(N2CC2)=C1N1CC1.O=P(O)(O)O. The summed E-state index contributed by atoms with van der Waals surface area (Å²) in [5, 5.41) is 34.5. The molecule has 0 aromatic carbocycles. The summed E-state index contributed by atoms with van der Waals surface area (Å²) in [6, 6.07) is 0. The molecule has 4 aliphatic rings. The second kappa shape index (κ2) is 14.9. The Morgan fingerprint density at radius 1 is 0.643 bits per heavy atom. The molecule has 0 saturated carbocycles. The van der Waals surface area contributed by atoms with Crippen molar-refractivity contribution < 1.29 is 68.4 Å². The second-order valence-corrected chi connectivity index (χ2v) is 10.4. The summed E-state index contributed by atoms with van der Waals surface area (Å²) in [6.45, 7) is 3.16. The van der Waals surface area contributed by atoms with Gasteiger partial charge in [-0.25, -0.2) is 4.57 Å². The molecule has 0 amide bonds. The molecule has 3 saturated heterocycles. The predicted octanol–water partition coefficient (Wildman–Crippen LogP) is -3.82. The Bertz CT molecular complexity index is 1130. The van der Waals surface area contributed by atoms with Gasteiger partial charge in [-0.3, -0.25) is 38.6 Å². The van der Waals surface area contributed by atoms with Crippen LogP contribution in [0.15, 0.2) is 23.2 Å². The van der Waals surface area contributed by atoms with Crippen LogP contribution in [0.1, 0.15) is 0 Å². The molecule has 0 bridgehead atoms. The van der Waals surface area contributed by atoms with Gasteiger partial charge in [-0.15, -0.1) is 0 Å². The Kier molecular flexibility index (Phi) is 12.1. The van der Waals surface area contributed by atoms with Crippen molar-refractivity contribution in [1.82, 2.24) is 24.5 Å². The van der Waals surface area contributed by atoms with Crippen LogP contribution in [0.5, 0.6) is 0 Å². The predicted molar refractivity (Wildman–Crippen MR) is 138 cm³/mol. The number of allylic oxidation sites excluding steroid dienone is 1. The first-order chi connectivity index (χ1) is 19.5. The fourth-order valence-corrected chi connectivity index (χ4v) is 3.75. The molecule has 0 aromatic rings. The van der Waals surface area contributed by atoms with Gasteiger partial charge in [-0.1, -0.05) is 0 Å². The summed E-state index contributed by atoms with van der Waals surface area (Å²) in [7, 11) is -4.64. The zero-order chi connectivity index (χ0) is 31.8. The van der Waals surface area contributed by atoms with Gasteiger partial charge in [-0.05, 0) is 0 Å². The maximum atomic E-state index is 12.4. The Labute approximate surface area is 238 Å². The van der Waals surface area contributed by atoms with Crippen LogP contribution in [-0.2, 0) is 33.3 Å². The lowest BCUT2D eigenvalue weighted by atomic mass is 10.0. The molecule has 7 N–H and O–H groups in total. The van der Waals surface area contributed by atoms with E-state index >= 15 is 0 Å². The number of carbonyl (C=O) groups is 6. The van der Waals surface area contributed by atoms with Gasteiger partial charge in [0.05, 0.1) is 31.9 Å². The highest BCUT2D eigenvalue weighted by Gasteiger charge is 2.43. The van der Waals surface area contributed by atoms with Gasteiger partial charge >= 0.3 is 31.7 Å². The summed E-state index contributed by atoms with van der Waals surface area (Å²) >= 11 is 0. The van der Waals surface area contributed by atoms with Crippen molar-refractivity contribution in [1.29, 1.82) is 0 Å². The number of hydrogen-bond donors (Lipinski definition) is 7. The van der Waals surface area contributed by atoms with Crippen molar-refractivity contribution in [3.63, 3.8) is 0 Å². The van der Waals surface area contributed by atoms with E-state index in [9.17, 15) is 28.8 Å². The molecule has 1 aliphatic carbocycles. The first-order valence-corrected chi connectivity index (χ1v) is 13.9. The molecule has 0 aromatic heterocycles. The molecule has 0 spiro atoms. The summed E-state index contributed by atoms with van der Waals surface area (Å²) < 4.78 is 8.88. The average molecular weight is 621 g/mol. The lowest BCUT2D eigenvalue weighted by Gasteiger charge is -2.23. The van der Waals surface area contributed by atoms with Crippen LogP contribution in [0.4, 0.5) is 0 Å². The third kappa shape index (κ3) is 13.2. The van der Waals surface area contributed by atoms with Crippen molar-refractivity contribution in [3.05, 3.63) is 23.2 Å². The Morgan fingerprint density at radius 3 is 1.24 bits per heavy atom. The molecule has 20 heteroatoms. The number of carbonyl (C=O) groups excluding carboxylic acids is 2. The number of carboxylic acids is 4. The fraction of sp³-hybridized carbons (Fsp3) is 0.545. The van der Waals surface area contributed by atoms with Crippen LogP contribution in [-0.4, -0.2) is 174 Å². The van der Waals surface area contributed by atoms with Crippen molar-refractivity contribution in [2.24, 2.45) is 0 Å². The number of Topliss-reactive ketones (excluding diaryl/α,β-unsaturated/α-hetero) is 1. The van der Waals surface area contributed by atoms with Crippen LogP contribution in [0, 0.1) is 0 Å². The van der Waals surface area contributed by atoms with E-state index in [1.165, 1.54) is 6.08 Å². The van der Waals surface area contributed by atoms with Gasteiger partial charge in [0.25, 0.3) is 0 Å². The van der Waals surface area contributed by atoms with Gasteiger partial charge in [0, 0.05) is 58.4 Å². The van der Waals surface area contributed by atoms with Crippen LogP contribution >= 0.6 is 7.82 Å². The Balaban J connectivity index is 0.000000254. The summed E-state index contributed by atoms with van der Waals surface area (Å²) in [4.78, 5) is 96.4. The molecule has 0 radical (unpaired) electrons. The van der Waals surface area contributed by atoms with Crippen LogP contribution in [0.25, 0.3) is 0 Å². The topological polar surface area (TPSA) is 277 Å². The molecule has 3 fully saturated rings. The Morgan fingerprint density at radius 2 is 0.952 bits per heavy atom. The van der Waals surface area contributed by atoms with E-state index in [1.54, 1.807) is 0 Å². The quantitative estimate of drug-likeness (QED) is 0.0556. The molecule has 19 nitrogen and oxygen atoms in total. The molecule has 4 rings (SSSR count). The molecule has 3 aliphatic heterocycles. The van der Waals surface area contributed by atoms with E-state index in [-0.39, 0.29) is 24.7 Å². The van der Waals surface area contributed by atoms with Crippen molar-refractivity contribution in [2.45, 2.75) is 0 Å². The third-order valence-corrected chi connectivity index (χ3v) is 5.66. The fourth-order valence-electron chi connectivity index (χ4n) is 3.75. The van der Waals surface area contributed by atoms with Gasteiger partial charge in [-0.2, -0.15) is 0 Å². The number of phosphoric acid groups is 1. The summed E-state index contributed by atoms with van der Waals surface area (Å²) in [5.41, 5.74) is 1.89. The Hall–Kier alpha value is -3.87. The third-order valence-electron chi connectivity index (χ3n) is 5.66. The smallest absolute Gasteiger partial charge is 0.466 e. The lowest BCUT2D eigenvalue weighted by molar-refractivity contribution is -0.145. The van der Waals surface area contributed by atoms with Crippen molar-refractivity contribution in [3.8, 4) is 0 Å². The van der Waals surface area contributed by atoms with Gasteiger partial charge in [0.1, 0.15) is 11.4 Å². The average Bonchev–Trinajstić information content (AvgIpc) is 3.64. The van der Waals surface area contributed by atoms with E-state index in [2.05, 4.69) is 0 Å². The van der Waals surface area contributed by atoms with Crippen LogP contribution in [0.3, 0.4) is 0 Å². The standard InChI is InChI=1S/C12H13N3O2.C10H16N2O8.H3O4P/c16-9-7-8(13-1-2-13)12(17)11(15-5-6-15)10(9)14-3-4-14;13-7(14)3-11(4-8(15)16)1-2-12(5-9(17)18)6-10(19)20;1-5(2,3)4/h7H,1-6H2;1-6H2,(H,13,14)(H,15,16)(H,17,18)(H,19,20);(H3,1,2,3,4). The minimum absolute atomic E-state index is 0.00546. The number of rotatable bonds is 14. The van der Waals surface area contributed by atoms with Crippen LogP contribution in [0.2, 0.25) is 0 Å².